The van der Waals surface area contributed by atoms with Gasteiger partial charge in [-0.3, -0.25) is 9.46 Å². The van der Waals surface area contributed by atoms with Gasteiger partial charge in [-0.15, -0.1) is 11.3 Å². The number of nitrogens with zero attached hydrogens (tertiary/aromatic N) is 3. The number of benzene rings is 1. The highest BCUT2D eigenvalue weighted by Gasteiger charge is 2.30. The number of ether oxygens (including phenoxy) is 4. The standard InChI is InChI=1S/C35H51FN3O10PS/c1-11-46-50(43,47-12-2)23-15-21-39(33(42)49-35(6,7)8)31-37-29(30(40)44-10)28(51-31)17-14-22-45-27-19-18-25(24-26(27)36)16-13-20-38(9)32(41)48-34(3,4)5/h18-19,24H,11-12,14-15,17,20-23H2,1-10H3. The van der Waals surface area contributed by atoms with Crippen LogP contribution in [0.25, 0.3) is 0 Å². The lowest BCUT2D eigenvalue weighted by atomic mass is 10.2. The molecule has 0 atom stereocenters. The van der Waals surface area contributed by atoms with Crippen LogP contribution < -0.4 is 9.64 Å². The minimum atomic E-state index is -3.37. The van der Waals surface area contributed by atoms with Gasteiger partial charge in [0.25, 0.3) is 0 Å². The van der Waals surface area contributed by atoms with Gasteiger partial charge in [0.15, 0.2) is 22.4 Å². The van der Waals surface area contributed by atoms with E-state index >= 15 is 0 Å². The van der Waals surface area contributed by atoms with E-state index in [1.54, 1.807) is 68.5 Å². The first-order valence-corrected chi connectivity index (χ1v) is 19.2. The zero-order valence-corrected chi connectivity index (χ0v) is 33.0. The van der Waals surface area contributed by atoms with E-state index in [0.29, 0.717) is 23.3 Å². The fraction of sp³-hybridized carbons (Fsp3) is 0.600. The number of anilines is 1. The molecule has 2 rings (SSSR count). The molecule has 0 unspecified atom stereocenters. The predicted molar refractivity (Wildman–Crippen MR) is 193 cm³/mol. The zero-order chi connectivity index (χ0) is 38.4. The Kier molecular flexibility index (Phi) is 16.9. The number of carbonyl (C=O) groups excluding carboxylic acids is 3. The largest absolute Gasteiger partial charge is 0.491 e. The fourth-order valence-corrected chi connectivity index (χ4v) is 6.97. The maximum Gasteiger partial charge on any atom is 0.416 e. The smallest absolute Gasteiger partial charge is 0.416 e. The van der Waals surface area contributed by atoms with Crippen molar-refractivity contribution >= 4 is 42.2 Å². The van der Waals surface area contributed by atoms with Crippen LogP contribution in [0.5, 0.6) is 5.75 Å². The Labute approximate surface area is 304 Å². The minimum Gasteiger partial charge on any atom is -0.491 e. The minimum absolute atomic E-state index is 0.0251. The first-order valence-electron chi connectivity index (χ1n) is 16.6. The number of rotatable bonds is 16. The molecule has 0 saturated carbocycles. The van der Waals surface area contributed by atoms with Crippen LogP contribution in [0.4, 0.5) is 19.1 Å². The zero-order valence-electron chi connectivity index (χ0n) is 31.3. The molecule has 16 heteroatoms. The molecule has 0 radical (unpaired) electrons. The SMILES string of the molecule is CCOP(=O)(CCCN(C(=O)OC(C)(C)C)c1nc(C(=O)OC)c(CCCOc2ccc(C#CCN(C)C(=O)OC(C)(C)C)cc2F)s1)OCC. The first kappa shape index (κ1) is 43.5. The number of aromatic nitrogens is 1. The Balaban J connectivity index is 2.14. The van der Waals surface area contributed by atoms with Crippen LogP contribution in [0.15, 0.2) is 18.2 Å². The van der Waals surface area contributed by atoms with Crippen LogP contribution in [0.3, 0.4) is 0 Å². The van der Waals surface area contributed by atoms with E-state index in [4.69, 9.17) is 28.0 Å². The summed E-state index contributed by atoms with van der Waals surface area (Å²) in [4.78, 5) is 45.7. The van der Waals surface area contributed by atoms with Crippen LogP contribution in [-0.2, 0) is 34.2 Å². The van der Waals surface area contributed by atoms with Gasteiger partial charge in [0.2, 0.25) is 0 Å². The highest BCUT2D eigenvalue weighted by atomic mass is 32.1. The maximum atomic E-state index is 14.8. The quantitative estimate of drug-likeness (QED) is 0.0547. The van der Waals surface area contributed by atoms with E-state index in [1.165, 1.54) is 29.0 Å². The van der Waals surface area contributed by atoms with Gasteiger partial charge in [0, 0.05) is 24.0 Å². The molecule has 0 saturated heterocycles. The van der Waals surface area contributed by atoms with E-state index < -0.39 is 42.8 Å². The molecule has 0 aliphatic heterocycles. The lowest BCUT2D eigenvalue weighted by Gasteiger charge is -2.26. The second-order valence-corrected chi connectivity index (χ2v) is 16.4. The Morgan fingerprint density at radius 1 is 0.980 bits per heavy atom. The summed E-state index contributed by atoms with van der Waals surface area (Å²) >= 11 is 1.11. The molecule has 13 nitrogen and oxygen atoms in total. The second-order valence-electron chi connectivity index (χ2n) is 13.2. The third kappa shape index (κ3) is 15.2. The average molecular weight is 756 g/mol. The number of halogens is 1. The summed E-state index contributed by atoms with van der Waals surface area (Å²) in [6, 6.07) is 4.32. The topological polar surface area (TPSA) is 143 Å². The lowest BCUT2D eigenvalue weighted by molar-refractivity contribution is 0.0320. The van der Waals surface area contributed by atoms with Crippen molar-refractivity contribution in [2.75, 3.05) is 58.1 Å². The predicted octanol–water partition coefficient (Wildman–Crippen LogP) is 7.70. The number of amides is 2. The van der Waals surface area contributed by atoms with Gasteiger partial charge in [-0.2, -0.15) is 0 Å². The molecule has 284 valence electrons. The molecule has 1 aromatic heterocycles. The highest BCUT2D eigenvalue weighted by Crippen LogP contribution is 2.48. The lowest BCUT2D eigenvalue weighted by Crippen LogP contribution is -2.37. The molecule has 0 bridgehead atoms. The van der Waals surface area contributed by atoms with Crippen molar-refractivity contribution in [3.05, 3.63) is 40.2 Å². The van der Waals surface area contributed by atoms with Crippen molar-refractivity contribution < 1.29 is 51.3 Å². The van der Waals surface area contributed by atoms with Crippen molar-refractivity contribution in [1.82, 2.24) is 9.88 Å². The number of esters is 1. The van der Waals surface area contributed by atoms with Crippen LogP contribution in [0, 0.1) is 17.7 Å². The number of thiazole rings is 1. The summed E-state index contributed by atoms with van der Waals surface area (Å²) in [6.45, 7) is 14.6. The monoisotopic (exact) mass is 755 g/mol. The first-order chi connectivity index (χ1) is 23.8. The molecule has 0 fully saturated rings. The van der Waals surface area contributed by atoms with E-state index in [1.807, 2.05) is 0 Å². The van der Waals surface area contributed by atoms with Crippen LogP contribution in [0.1, 0.15) is 89.2 Å². The fourth-order valence-electron chi connectivity index (χ4n) is 4.22. The van der Waals surface area contributed by atoms with Crippen LogP contribution in [0.2, 0.25) is 0 Å². The molecule has 0 aliphatic rings. The Bertz CT molecular complexity index is 1580. The molecule has 2 amide bonds. The van der Waals surface area contributed by atoms with Gasteiger partial charge in [-0.25, -0.2) is 23.8 Å². The summed E-state index contributed by atoms with van der Waals surface area (Å²) in [5.74, 6) is 4.39. The molecular weight excluding hydrogens is 704 g/mol. The summed E-state index contributed by atoms with van der Waals surface area (Å²) in [7, 11) is -0.572. The van der Waals surface area contributed by atoms with Gasteiger partial charge in [-0.1, -0.05) is 11.8 Å². The number of hydrogen-bond donors (Lipinski definition) is 0. The Hall–Kier alpha value is -3.70. The van der Waals surface area contributed by atoms with Crippen LogP contribution in [-0.4, -0.2) is 92.5 Å². The summed E-state index contributed by atoms with van der Waals surface area (Å²) in [5.41, 5.74) is -1.00. The molecule has 51 heavy (non-hydrogen) atoms. The molecule has 2 aromatic rings. The molecular formula is C35H51FN3O10PS. The summed E-state index contributed by atoms with van der Waals surface area (Å²) < 4.78 is 60.1. The second kappa shape index (κ2) is 19.8. The third-order valence-electron chi connectivity index (χ3n) is 6.37. The van der Waals surface area contributed by atoms with E-state index in [-0.39, 0.29) is 62.1 Å². The summed E-state index contributed by atoms with van der Waals surface area (Å²) in [5, 5.41) is 0.197. The molecule has 0 N–H and O–H groups in total. The van der Waals surface area contributed by atoms with Gasteiger partial charge in [-0.05, 0) is 92.9 Å². The third-order valence-corrected chi connectivity index (χ3v) is 9.67. The van der Waals surface area contributed by atoms with Crippen molar-refractivity contribution in [2.45, 2.75) is 85.9 Å². The van der Waals surface area contributed by atoms with Crippen molar-refractivity contribution in [3.8, 4) is 17.6 Å². The van der Waals surface area contributed by atoms with Crippen LogP contribution >= 0.6 is 18.9 Å². The van der Waals surface area contributed by atoms with Gasteiger partial charge >= 0.3 is 25.8 Å². The van der Waals surface area contributed by atoms with E-state index in [9.17, 15) is 23.3 Å². The number of methoxy groups -OCH3 is 1. The van der Waals surface area contributed by atoms with Crippen molar-refractivity contribution in [3.63, 3.8) is 0 Å². The summed E-state index contributed by atoms with van der Waals surface area (Å²) in [6.07, 6.45) is -0.214. The van der Waals surface area contributed by atoms with Gasteiger partial charge in [0.05, 0.1) is 39.6 Å². The molecule has 1 heterocycles. The average Bonchev–Trinajstić information content (AvgIpc) is 3.44. The Morgan fingerprint density at radius 3 is 2.18 bits per heavy atom. The highest BCUT2D eigenvalue weighted by molar-refractivity contribution is 7.53. The Morgan fingerprint density at radius 2 is 1.61 bits per heavy atom. The number of hydrogen-bond acceptors (Lipinski definition) is 12. The number of aryl methyl sites for hydroxylation is 1. The molecule has 1 aromatic carbocycles. The van der Waals surface area contributed by atoms with Gasteiger partial charge in [0.1, 0.15) is 11.2 Å². The van der Waals surface area contributed by atoms with E-state index in [0.717, 1.165) is 11.3 Å². The molecule has 0 spiro atoms. The maximum absolute atomic E-state index is 14.8. The van der Waals surface area contributed by atoms with Crippen molar-refractivity contribution in [2.24, 2.45) is 0 Å². The number of carbonyl (C=O) groups is 3. The van der Waals surface area contributed by atoms with E-state index in [2.05, 4.69) is 16.8 Å². The van der Waals surface area contributed by atoms with Crippen molar-refractivity contribution in [1.29, 1.82) is 0 Å². The molecule has 0 aliphatic carbocycles. The van der Waals surface area contributed by atoms with Gasteiger partial charge < -0.3 is 32.9 Å². The normalized spacial score (nSPS) is 11.7.